The van der Waals surface area contributed by atoms with Crippen molar-refractivity contribution in [3.05, 3.63) is 35.4 Å². The van der Waals surface area contributed by atoms with E-state index in [1.807, 2.05) is 0 Å². The van der Waals surface area contributed by atoms with Crippen LogP contribution in [0.5, 0.6) is 0 Å². The third-order valence-electron chi connectivity index (χ3n) is 3.43. The first-order valence-corrected chi connectivity index (χ1v) is 6.69. The number of benzene rings is 1. The van der Waals surface area contributed by atoms with Gasteiger partial charge >= 0.3 is 6.18 Å². The Bertz CT molecular complexity index is 482. The van der Waals surface area contributed by atoms with Gasteiger partial charge in [0.05, 0.1) is 11.7 Å². The lowest BCUT2D eigenvalue weighted by atomic mass is 10.0. The van der Waals surface area contributed by atoms with E-state index in [1.165, 1.54) is 12.1 Å². The number of amides is 1. The molecule has 2 atom stereocenters. The summed E-state index contributed by atoms with van der Waals surface area (Å²) >= 11 is 0. The van der Waals surface area contributed by atoms with Crippen LogP contribution in [-0.2, 0) is 15.7 Å². The molecule has 0 radical (unpaired) electrons. The van der Waals surface area contributed by atoms with Gasteiger partial charge in [0.2, 0.25) is 5.91 Å². The van der Waals surface area contributed by atoms with Crippen LogP contribution in [0.15, 0.2) is 24.3 Å². The molecular formula is C14H17F3N2O2. The molecule has 0 aliphatic carbocycles. The predicted molar refractivity (Wildman–Crippen MR) is 70.4 cm³/mol. The van der Waals surface area contributed by atoms with Gasteiger partial charge in [0, 0.05) is 13.2 Å². The first-order chi connectivity index (χ1) is 9.88. The van der Waals surface area contributed by atoms with Crippen molar-refractivity contribution in [2.45, 2.75) is 31.2 Å². The second kappa shape index (κ2) is 6.44. The highest BCUT2D eigenvalue weighted by molar-refractivity contribution is 5.81. The number of hydrogen-bond donors (Lipinski definition) is 2. The van der Waals surface area contributed by atoms with Crippen molar-refractivity contribution in [3.8, 4) is 0 Å². The largest absolute Gasteiger partial charge is 0.416 e. The molecule has 4 nitrogen and oxygen atoms in total. The zero-order valence-corrected chi connectivity index (χ0v) is 11.3. The average Bonchev–Trinajstić information content (AvgIpc) is 2.91. The monoisotopic (exact) mass is 302 g/mol. The highest BCUT2D eigenvalue weighted by Crippen LogP contribution is 2.30. The molecule has 7 heteroatoms. The molecule has 1 aromatic rings. The maximum Gasteiger partial charge on any atom is 0.416 e. The fourth-order valence-electron chi connectivity index (χ4n) is 2.30. The summed E-state index contributed by atoms with van der Waals surface area (Å²) in [7, 11) is 0. The molecule has 0 saturated carbocycles. The van der Waals surface area contributed by atoms with E-state index in [4.69, 9.17) is 10.5 Å². The van der Waals surface area contributed by atoms with E-state index in [9.17, 15) is 18.0 Å². The summed E-state index contributed by atoms with van der Waals surface area (Å²) in [4.78, 5) is 11.5. The molecule has 2 unspecified atom stereocenters. The Labute approximate surface area is 120 Å². The van der Waals surface area contributed by atoms with E-state index >= 15 is 0 Å². The smallest absolute Gasteiger partial charge is 0.377 e. The number of nitrogens with one attached hydrogen (secondary N) is 1. The first-order valence-electron chi connectivity index (χ1n) is 6.69. The SMILES string of the molecule is NC(=O)C(NCC1CCCO1)c1ccc(C(F)(F)F)cc1. The summed E-state index contributed by atoms with van der Waals surface area (Å²) in [6.07, 6.45) is -2.52. The molecule has 1 aromatic carbocycles. The summed E-state index contributed by atoms with van der Waals surface area (Å²) in [6.45, 7) is 1.13. The molecule has 1 saturated heterocycles. The molecular weight excluding hydrogens is 285 g/mol. The van der Waals surface area contributed by atoms with Gasteiger partial charge in [0.25, 0.3) is 0 Å². The van der Waals surface area contributed by atoms with Gasteiger partial charge in [0.1, 0.15) is 6.04 Å². The van der Waals surface area contributed by atoms with Crippen LogP contribution in [0.25, 0.3) is 0 Å². The quantitative estimate of drug-likeness (QED) is 0.874. The van der Waals surface area contributed by atoms with Crippen LogP contribution in [0.1, 0.15) is 30.0 Å². The van der Waals surface area contributed by atoms with Crippen LogP contribution >= 0.6 is 0 Å². The number of primary amides is 1. The predicted octanol–water partition coefficient (Wildman–Crippen LogP) is 2.00. The van der Waals surface area contributed by atoms with E-state index in [1.54, 1.807) is 0 Å². The first kappa shape index (κ1) is 15.8. The highest BCUT2D eigenvalue weighted by atomic mass is 19.4. The second-order valence-electron chi connectivity index (χ2n) is 5.00. The minimum absolute atomic E-state index is 0.0151. The molecule has 0 bridgehead atoms. The molecule has 0 spiro atoms. The normalized spacial score (nSPS) is 20.4. The van der Waals surface area contributed by atoms with E-state index in [0.29, 0.717) is 18.7 Å². The number of ether oxygens (including phenoxy) is 1. The number of hydrogen-bond acceptors (Lipinski definition) is 3. The number of carbonyl (C=O) groups excluding carboxylic acids is 1. The Hall–Kier alpha value is -1.60. The van der Waals surface area contributed by atoms with Gasteiger partial charge in [-0.15, -0.1) is 0 Å². The Balaban J connectivity index is 2.05. The van der Waals surface area contributed by atoms with Crippen molar-refractivity contribution in [1.82, 2.24) is 5.32 Å². The molecule has 0 aromatic heterocycles. The van der Waals surface area contributed by atoms with Crippen molar-refractivity contribution in [1.29, 1.82) is 0 Å². The second-order valence-corrected chi connectivity index (χ2v) is 5.00. The Morgan fingerprint density at radius 3 is 2.52 bits per heavy atom. The Morgan fingerprint density at radius 2 is 2.05 bits per heavy atom. The van der Waals surface area contributed by atoms with E-state index in [0.717, 1.165) is 25.0 Å². The highest BCUT2D eigenvalue weighted by Gasteiger charge is 2.30. The van der Waals surface area contributed by atoms with E-state index in [-0.39, 0.29) is 6.10 Å². The van der Waals surface area contributed by atoms with Crippen LogP contribution in [0.2, 0.25) is 0 Å². The Morgan fingerprint density at radius 1 is 1.38 bits per heavy atom. The number of alkyl halides is 3. The maximum atomic E-state index is 12.5. The van der Waals surface area contributed by atoms with Gasteiger partial charge in [-0.3, -0.25) is 10.1 Å². The Kier molecular flexibility index (Phi) is 4.84. The lowest BCUT2D eigenvalue weighted by Gasteiger charge is -2.19. The maximum absolute atomic E-state index is 12.5. The average molecular weight is 302 g/mol. The number of carbonyl (C=O) groups is 1. The number of nitrogens with two attached hydrogens (primary N) is 1. The molecule has 3 N–H and O–H groups in total. The van der Waals surface area contributed by atoms with Gasteiger partial charge in [-0.1, -0.05) is 12.1 Å². The van der Waals surface area contributed by atoms with Crippen molar-refractivity contribution in [3.63, 3.8) is 0 Å². The standard InChI is InChI=1S/C14H17F3N2O2/c15-14(16,17)10-5-3-9(4-6-10)12(13(18)20)19-8-11-2-1-7-21-11/h3-6,11-12,19H,1-2,7-8H2,(H2,18,20). The summed E-state index contributed by atoms with van der Waals surface area (Å²) in [5, 5.41) is 2.95. The zero-order chi connectivity index (χ0) is 15.5. The molecule has 1 heterocycles. The van der Waals surface area contributed by atoms with Crippen LogP contribution in [-0.4, -0.2) is 25.2 Å². The van der Waals surface area contributed by atoms with Gasteiger partial charge in [-0.2, -0.15) is 13.2 Å². The molecule has 116 valence electrons. The van der Waals surface area contributed by atoms with Crippen molar-refractivity contribution >= 4 is 5.91 Å². The summed E-state index contributed by atoms with van der Waals surface area (Å²) in [5.74, 6) is -0.632. The van der Waals surface area contributed by atoms with Crippen LogP contribution in [0, 0.1) is 0 Å². The van der Waals surface area contributed by atoms with Crippen LogP contribution in [0.4, 0.5) is 13.2 Å². The van der Waals surface area contributed by atoms with Crippen molar-refractivity contribution in [2.24, 2.45) is 5.73 Å². The minimum atomic E-state index is -4.40. The number of rotatable bonds is 5. The van der Waals surface area contributed by atoms with E-state index < -0.39 is 23.7 Å². The molecule has 1 aliphatic rings. The summed E-state index contributed by atoms with van der Waals surface area (Å²) in [5.41, 5.74) is 4.97. The third-order valence-corrected chi connectivity index (χ3v) is 3.43. The fraction of sp³-hybridized carbons (Fsp3) is 0.500. The zero-order valence-electron chi connectivity index (χ0n) is 11.3. The van der Waals surface area contributed by atoms with Gasteiger partial charge in [0.15, 0.2) is 0 Å². The summed E-state index contributed by atoms with van der Waals surface area (Å²) in [6, 6.07) is 3.59. The van der Waals surface area contributed by atoms with Crippen LogP contribution < -0.4 is 11.1 Å². The molecule has 1 amide bonds. The fourth-order valence-corrected chi connectivity index (χ4v) is 2.30. The summed E-state index contributed by atoms with van der Waals surface area (Å²) < 4.78 is 42.9. The van der Waals surface area contributed by atoms with Gasteiger partial charge < -0.3 is 10.5 Å². The molecule has 2 rings (SSSR count). The lowest BCUT2D eigenvalue weighted by Crippen LogP contribution is -2.37. The third kappa shape index (κ3) is 4.18. The lowest BCUT2D eigenvalue weighted by molar-refractivity contribution is -0.137. The molecule has 21 heavy (non-hydrogen) atoms. The van der Waals surface area contributed by atoms with Gasteiger partial charge in [-0.05, 0) is 30.5 Å². The number of halogens is 3. The van der Waals surface area contributed by atoms with Gasteiger partial charge in [-0.25, -0.2) is 0 Å². The van der Waals surface area contributed by atoms with Crippen molar-refractivity contribution < 1.29 is 22.7 Å². The minimum Gasteiger partial charge on any atom is -0.377 e. The topological polar surface area (TPSA) is 64.4 Å². The molecule has 1 fully saturated rings. The molecule has 1 aliphatic heterocycles. The van der Waals surface area contributed by atoms with Crippen molar-refractivity contribution in [2.75, 3.05) is 13.2 Å². The van der Waals surface area contributed by atoms with E-state index in [2.05, 4.69) is 5.32 Å². The van der Waals surface area contributed by atoms with Crippen LogP contribution in [0.3, 0.4) is 0 Å².